The molecule has 1 amide bonds. The Kier molecular flexibility index (Phi) is 5.63. The first-order chi connectivity index (χ1) is 12.9. The van der Waals surface area contributed by atoms with Crippen LogP contribution in [0.25, 0.3) is 10.9 Å². The number of esters is 1. The molecule has 0 bridgehead atoms. The Balaban J connectivity index is 1.71. The Bertz CT molecular complexity index is 904. The van der Waals surface area contributed by atoms with Gasteiger partial charge in [0.05, 0.1) is 5.56 Å². The fraction of sp³-hybridized carbons (Fsp3) is 0.476. The van der Waals surface area contributed by atoms with Crippen molar-refractivity contribution in [1.29, 1.82) is 0 Å². The van der Waals surface area contributed by atoms with E-state index in [0.717, 1.165) is 12.8 Å². The number of hydrogen-bond donors (Lipinski definition) is 2. The number of para-hydroxylation sites is 1. The van der Waals surface area contributed by atoms with E-state index in [-0.39, 0.29) is 23.1 Å². The summed E-state index contributed by atoms with van der Waals surface area (Å²) in [5.74, 6) is -0.0278. The molecule has 3 rings (SSSR count). The molecule has 1 aromatic heterocycles. The van der Waals surface area contributed by atoms with Crippen LogP contribution in [-0.4, -0.2) is 29.0 Å². The van der Waals surface area contributed by atoms with Gasteiger partial charge in [-0.15, -0.1) is 0 Å². The first kappa shape index (κ1) is 19.1. The van der Waals surface area contributed by atoms with Crippen molar-refractivity contribution in [2.24, 2.45) is 11.8 Å². The summed E-state index contributed by atoms with van der Waals surface area (Å²) in [6, 6.07) is 8.31. The van der Waals surface area contributed by atoms with Crippen LogP contribution in [0.15, 0.2) is 35.1 Å². The van der Waals surface area contributed by atoms with Crippen LogP contribution in [0, 0.1) is 11.8 Å². The fourth-order valence-corrected chi connectivity index (χ4v) is 3.74. The molecule has 1 aliphatic carbocycles. The second-order valence-electron chi connectivity index (χ2n) is 7.52. The van der Waals surface area contributed by atoms with Crippen LogP contribution in [-0.2, 0) is 9.53 Å². The standard InChI is InChI=1S/C21H26N2O4/c1-12-7-6-10-17(13(12)2)23-20(25)14(3)27-21(26)16-11-19(24)22-18-9-5-4-8-15(16)18/h4-5,8-9,11-14,17H,6-7,10H2,1-3H3,(H,22,24)(H,23,25)/t12-,13-,14-,17+/m0/s1. The van der Waals surface area contributed by atoms with E-state index in [1.165, 1.54) is 12.5 Å². The van der Waals surface area contributed by atoms with Crippen LogP contribution in [0.5, 0.6) is 0 Å². The Hall–Kier alpha value is -2.63. The molecule has 1 fully saturated rings. The van der Waals surface area contributed by atoms with E-state index < -0.39 is 12.1 Å². The van der Waals surface area contributed by atoms with Crippen LogP contribution in [0.2, 0.25) is 0 Å². The number of fused-ring (bicyclic) bond motifs is 1. The zero-order chi connectivity index (χ0) is 19.6. The SMILES string of the molecule is C[C@H]1[C@@H](C)CCC[C@H]1NC(=O)[C@H](C)OC(=O)c1cc(=O)[nH]c2ccccc12. The third kappa shape index (κ3) is 4.21. The van der Waals surface area contributed by atoms with Gasteiger partial charge in [-0.2, -0.15) is 0 Å². The molecule has 0 unspecified atom stereocenters. The molecule has 1 aromatic carbocycles. The highest BCUT2D eigenvalue weighted by Gasteiger charge is 2.30. The zero-order valence-corrected chi connectivity index (χ0v) is 16.0. The number of aromatic nitrogens is 1. The molecule has 0 aliphatic heterocycles. The number of carbonyl (C=O) groups excluding carboxylic acids is 2. The molecule has 0 radical (unpaired) electrons. The van der Waals surface area contributed by atoms with Crippen LogP contribution >= 0.6 is 0 Å². The van der Waals surface area contributed by atoms with Gasteiger partial charge in [-0.1, -0.05) is 44.9 Å². The van der Waals surface area contributed by atoms with E-state index in [4.69, 9.17) is 4.74 Å². The van der Waals surface area contributed by atoms with E-state index in [0.29, 0.717) is 22.7 Å². The highest BCUT2D eigenvalue weighted by atomic mass is 16.5. The maximum atomic E-state index is 12.6. The number of benzene rings is 1. The number of carbonyl (C=O) groups is 2. The number of amides is 1. The zero-order valence-electron chi connectivity index (χ0n) is 16.0. The van der Waals surface area contributed by atoms with E-state index in [1.54, 1.807) is 31.2 Å². The van der Waals surface area contributed by atoms with Gasteiger partial charge in [0.2, 0.25) is 5.56 Å². The van der Waals surface area contributed by atoms with Crippen LogP contribution in [0.4, 0.5) is 0 Å². The molecule has 27 heavy (non-hydrogen) atoms. The first-order valence-corrected chi connectivity index (χ1v) is 9.50. The predicted molar refractivity (Wildman–Crippen MR) is 104 cm³/mol. The number of aromatic amines is 1. The molecule has 2 N–H and O–H groups in total. The molecule has 2 aromatic rings. The topological polar surface area (TPSA) is 88.3 Å². The summed E-state index contributed by atoms with van der Waals surface area (Å²) in [6.07, 6.45) is 2.27. The van der Waals surface area contributed by atoms with Crippen LogP contribution in [0.1, 0.15) is 50.4 Å². The Labute approximate surface area is 158 Å². The van der Waals surface area contributed by atoms with Crippen molar-refractivity contribution in [3.05, 3.63) is 46.2 Å². The van der Waals surface area contributed by atoms with Gasteiger partial charge >= 0.3 is 5.97 Å². The minimum absolute atomic E-state index is 0.0998. The summed E-state index contributed by atoms with van der Waals surface area (Å²) >= 11 is 0. The quantitative estimate of drug-likeness (QED) is 0.810. The summed E-state index contributed by atoms with van der Waals surface area (Å²) in [4.78, 5) is 39.6. The van der Waals surface area contributed by atoms with Crippen molar-refractivity contribution in [2.75, 3.05) is 0 Å². The Morgan fingerprint density at radius 3 is 2.74 bits per heavy atom. The van der Waals surface area contributed by atoms with Crippen molar-refractivity contribution < 1.29 is 14.3 Å². The van der Waals surface area contributed by atoms with E-state index in [9.17, 15) is 14.4 Å². The van der Waals surface area contributed by atoms with Gasteiger partial charge in [0.25, 0.3) is 5.91 Å². The van der Waals surface area contributed by atoms with E-state index >= 15 is 0 Å². The second kappa shape index (κ2) is 7.94. The molecule has 0 spiro atoms. The van der Waals surface area contributed by atoms with Crippen molar-refractivity contribution in [3.8, 4) is 0 Å². The lowest BCUT2D eigenvalue weighted by Crippen LogP contribution is -2.47. The fourth-order valence-electron chi connectivity index (χ4n) is 3.74. The molecule has 144 valence electrons. The lowest BCUT2D eigenvalue weighted by molar-refractivity contribution is -0.130. The maximum Gasteiger partial charge on any atom is 0.339 e. The molecule has 0 saturated heterocycles. The third-order valence-electron chi connectivity index (χ3n) is 5.66. The van der Waals surface area contributed by atoms with Gasteiger partial charge in [0.1, 0.15) is 0 Å². The van der Waals surface area contributed by atoms with Crippen molar-refractivity contribution in [3.63, 3.8) is 0 Å². The largest absolute Gasteiger partial charge is 0.449 e. The highest BCUT2D eigenvalue weighted by molar-refractivity contribution is 6.03. The molecule has 1 heterocycles. The lowest BCUT2D eigenvalue weighted by atomic mass is 9.78. The van der Waals surface area contributed by atoms with Crippen LogP contribution < -0.4 is 10.9 Å². The number of ether oxygens (including phenoxy) is 1. The van der Waals surface area contributed by atoms with Crippen molar-refractivity contribution in [1.82, 2.24) is 10.3 Å². The molecule has 1 saturated carbocycles. The van der Waals surface area contributed by atoms with E-state index in [1.807, 2.05) is 0 Å². The summed E-state index contributed by atoms with van der Waals surface area (Å²) in [5.41, 5.74) is 0.329. The summed E-state index contributed by atoms with van der Waals surface area (Å²) < 4.78 is 5.36. The number of H-pyrrole nitrogens is 1. The van der Waals surface area contributed by atoms with Crippen LogP contribution in [0.3, 0.4) is 0 Å². The summed E-state index contributed by atoms with van der Waals surface area (Å²) in [7, 11) is 0. The average molecular weight is 370 g/mol. The molecule has 4 atom stereocenters. The number of nitrogens with one attached hydrogen (secondary N) is 2. The molecule has 1 aliphatic rings. The van der Waals surface area contributed by atoms with Gasteiger partial charge in [-0.3, -0.25) is 9.59 Å². The smallest absolute Gasteiger partial charge is 0.339 e. The molecule has 6 nitrogen and oxygen atoms in total. The van der Waals surface area contributed by atoms with Crippen molar-refractivity contribution >= 4 is 22.8 Å². The Morgan fingerprint density at radius 2 is 1.96 bits per heavy atom. The molecular formula is C21H26N2O4. The number of rotatable bonds is 4. The van der Waals surface area contributed by atoms with Gasteiger partial charge in [0.15, 0.2) is 6.10 Å². The monoisotopic (exact) mass is 370 g/mol. The molecular weight excluding hydrogens is 344 g/mol. The minimum atomic E-state index is -0.931. The molecule has 6 heteroatoms. The summed E-state index contributed by atoms with van der Waals surface area (Å²) in [5, 5.41) is 3.61. The first-order valence-electron chi connectivity index (χ1n) is 9.50. The summed E-state index contributed by atoms with van der Waals surface area (Å²) in [6.45, 7) is 5.90. The van der Waals surface area contributed by atoms with Crippen molar-refractivity contribution in [2.45, 2.75) is 52.2 Å². The van der Waals surface area contributed by atoms with Gasteiger partial charge in [-0.05, 0) is 31.2 Å². The number of hydrogen-bond acceptors (Lipinski definition) is 4. The second-order valence-corrected chi connectivity index (χ2v) is 7.52. The average Bonchev–Trinajstić information content (AvgIpc) is 2.64. The minimum Gasteiger partial charge on any atom is -0.449 e. The van der Waals surface area contributed by atoms with Gasteiger partial charge < -0.3 is 15.0 Å². The normalized spacial score (nSPS) is 23.6. The Morgan fingerprint density at radius 1 is 1.22 bits per heavy atom. The third-order valence-corrected chi connectivity index (χ3v) is 5.66. The highest BCUT2D eigenvalue weighted by Crippen LogP contribution is 2.29. The van der Waals surface area contributed by atoms with Gasteiger partial charge in [0, 0.05) is 23.0 Å². The van der Waals surface area contributed by atoms with Gasteiger partial charge in [-0.25, -0.2) is 4.79 Å². The predicted octanol–water partition coefficient (Wildman–Crippen LogP) is 3.01. The lowest BCUT2D eigenvalue weighted by Gasteiger charge is -2.35. The maximum absolute atomic E-state index is 12.6. The number of pyridine rings is 1. The van der Waals surface area contributed by atoms with E-state index in [2.05, 4.69) is 24.1 Å².